The van der Waals surface area contributed by atoms with Gasteiger partial charge in [0, 0.05) is 28.7 Å². The average molecular weight is 378 g/mol. The van der Waals surface area contributed by atoms with E-state index in [-0.39, 0.29) is 5.91 Å². The summed E-state index contributed by atoms with van der Waals surface area (Å²) >= 11 is 1.73. The zero-order valence-corrected chi connectivity index (χ0v) is 16.2. The van der Waals surface area contributed by atoms with Gasteiger partial charge in [-0.3, -0.25) is 9.78 Å². The van der Waals surface area contributed by atoms with Crippen molar-refractivity contribution in [3.8, 4) is 5.75 Å². The van der Waals surface area contributed by atoms with Crippen LogP contribution in [0, 0.1) is 6.92 Å². The number of amides is 1. The van der Waals surface area contributed by atoms with Gasteiger partial charge in [0.15, 0.2) is 6.10 Å². The van der Waals surface area contributed by atoms with Crippen molar-refractivity contribution in [3.63, 3.8) is 0 Å². The maximum Gasteiger partial charge on any atom is 0.265 e. The van der Waals surface area contributed by atoms with E-state index in [9.17, 15) is 4.79 Å². The summed E-state index contributed by atoms with van der Waals surface area (Å²) in [6.45, 7) is 3.74. The van der Waals surface area contributed by atoms with E-state index >= 15 is 0 Å². The number of benzene rings is 2. The fraction of sp³-hybridized carbons (Fsp3) is 0.182. The molecule has 27 heavy (non-hydrogen) atoms. The van der Waals surface area contributed by atoms with Gasteiger partial charge in [0.1, 0.15) is 5.75 Å². The number of carbonyl (C=O) groups is 1. The number of ether oxygens (including phenoxy) is 1. The summed E-state index contributed by atoms with van der Waals surface area (Å²) < 4.78 is 5.72. The zero-order chi connectivity index (χ0) is 19.1. The van der Waals surface area contributed by atoms with Crippen molar-refractivity contribution in [1.29, 1.82) is 0 Å². The molecule has 0 aliphatic carbocycles. The molecule has 2 aromatic carbocycles. The van der Waals surface area contributed by atoms with Crippen molar-refractivity contribution >= 4 is 23.4 Å². The normalized spacial score (nSPS) is 11.6. The lowest BCUT2D eigenvalue weighted by molar-refractivity contribution is -0.122. The Morgan fingerprint density at radius 1 is 1.15 bits per heavy atom. The highest BCUT2D eigenvalue weighted by Gasteiger charge is 2.15. The molecule has 0 fully saturated rings. The molecule has 0 saturated carbocycles. The van der Waals surface area contributed by atoms with Crippen molar-refractivity contribution < 1.29 is 9.53 Å². The van der Waals surface area contributed by atoms with Gasteiger partial charge in [0.2, 0.25) is 0 Å². The largest absolute Gasteiger partial charge is 0.481 e. The van der Waals surface area contributed by atoms with E-state index in [0.29, 0.717) is 5.75 Å². The highest BCUT2D eigenvalue weighted by molar-refractivity contribution is 7.98. The van der Waals surface area contributed by atoms with Crippen molar-refractivity contribution in [2.75, 3.05) is 5.32 Å². The van der Waals surface area contributed by atoms with Crippen LogP contribution >= 0.6 is 11.8 Å². The van der Waals surface area contributed by atoms with Gasteiger partial charge in [-0.15, -0.1) is 11.8 Å². The predicted molar refractivity (Wildman–Crippen MR) is 110 cm³/mol. The number of hydrogen-bond acceptors (Lipinski definition) is 4. The second-order valence-corrected chi connectivity index (χ2v) is 7.29. The van der Waals surface area contributed by atoms with Gasteiger partial charge in [-0.25, -0.2) is 0 Å². The van der Waals surface area contributed by atoms with Gasteiger partial charge in [0.05, 0.1) is 0 Å². The Morgan fingerprint density at radius 2 is 1.96 bits per heavy atom. The fourth-order valence-corrected chi connectivity index (χ4v) is 3.31. The lowest BCUT2D eigenvalue weighted by atomic mass is 10.2. The minimum atomic E-state index is -0.577. The number of hydrogen-bond donors (Lipinski definition) is 1. The van der Waals surface area contributed by atoms with Crippen molar-refractivity contribution in [3.05, 3.63) is 84.2 Å². The van der Waals surface area contributed by atoms with E-state index in [1.54, 1.807) is 24.9 Å². The third-order valence-corrected chi connectivity index (χ3v) is 5.00. The molecule has 0 saturated heterocycles. The first kappa shape index (κ1) is 19.0. The topological polar surface area (TPSA) is 51.2 Å². The highest BCUT2D eigenvalue weighted by Crippen LogP contribution is 2.24. The Balaban J connectivity index is 1.51. The SMILES string of the molecule is Cc1cccc(OC(C)C(=O)Nc2ccc(SCc3cccnc3)cc2)c1. The second-order valence-electron chi connectivity index (χ2n) is 6.24. The van der Waals surface area contributed by atoms with Crippen LogP contribution in [0.3, 0.4) is 0 Å². The summed E-state index contributed by atoms with van der Waals surface area (Å²) in [6.07, 6.45) is 3.07. The van der Waals surface area contributed by atoms with E-state index < -0.39 is 6.10 Å². The van der Waals surface area contributed by atoms with Crippen molar-refractivity contribution in [2.45, 2.75) is 30.6 Å². The molecule has 0 spiro atoms. The molecular formula is C22H22N2O2S. The number of pyridine rings is 1. The molecule has 1 atom stereocenters. The lowest BCUT2D eigenvalue weighted by Gasteiger charge is -2.15. The molecule has 3 aromatic rings. The molecule has 0 bridgehead atoms. The van der Waals surface area contributed by atoms with Crippen LogP contribution in [-0.4, -0.2) is 17.0 Å². The standard InChI is InChI=1S/C22H22N2O2S/c1-16-5-3-7-20(13-16)26-17(2)22(25)24-19-8-10-21(11-9-19)27-15-18-6-4-12-23-14-18/h3-14,17H,15H2,1-2H3,(H,24,25). The molecular weight excluding hydrogens is 356 g/mol. The molecule has 1 amide bonds. The van der Waals surface area contributed by atoms with Crippen molar-refractivity contribution in [2.24, 2.45) is 0 Å². The number of aromatic nitrogens is 1. The number of aryl methyl sites for hydroxylation is 1. The number of carbonyl (C=O) groups excluding carboxylic acids is 1. The molecule has 3 rings (SSSR count). The second kappa shape index (κ2) is 9.24. The van der Waals surface area contributed by atoms with E-state index in [4.69, 9.17) is 4.74 Å². The van der Waals surface area contributed by atoms with Crippen LogP contribution in [0.2, 0.25) is 0 Å². The minimum absolute atomic E-state index is 0.174. The summed E-state index contributed by atoms with van der Waals surface area (Å²) in [5, 5.41) is 2.89. The number of nitrogens with one attached hydrogen (secondary N) is 1. The molecule has 0 aliphatic heterocycles. The number of anilines is 1. The Morgan fingerprint density at radius 3 is 2.67 bits per heavy atom. The Bertz CT molecular complexity index is 882. The lowest BCUT2D eigenvalue weighted by Crippen LogP contribution is -2.30. The molecule has 138 valence electrons. The third-order valence-electron chi connectivity index (χ3n) is 3.92. The van der Waals surface area contributed by atoms with Crippen LogP contribution in [0.4, 0.5) is 5.69 Å². The zero-order valence-electron chi connectivity index (χ0n) is 15.4. The van der Waals surface area contributed by atoms with Gasteiger partial charge >= 0.3 is 0 Å². The van der Waals surface area contributed by atoms with Gasteiger partial charge < -0.3 is 10.1 Å². The van der Waals surface area contributed by atoms with Crippen LogP contribution < -0.4 is 10.1 Å². The smallest absolute Gasteiger partial charge is 0.265 e. The van der Waals surface area contributed by atoms with E-state index in [2.05, 4.69) is 16.4 Å². The molecule has 5 heteroatoms. The third kappa shape index (κ3) is 5.86. The first-order valence-electron chi connectivity index (χ1n) is 8.76. The van der Waals surface area contributed by atoms with E-state index in [1.807, 2.05) is 67.7 Å². The Kier molecular flexibility index (Phi) is 6.49. The van der Waals surface area contributed by atoms with Gasteiger partial charge in [-0.05, 0) is 67.4 Å². The Labute approximate surface area is 164 Å². The Hall–Kier alpha value is -2.79. The summed E-state index contributed by atoms with van der Waals surface area (Å²) in [4.78, 5) is 17.6. The molecule has 4 nitrogen and oxygen atoms in total. The number of nitrogens with zero attached hydrogens (tertiary/aromatic N) is 1. The van der Waals surface area contributed by atoms with Gasteiger partial charge in [-0.1, -0.05) is 18.2 Å². The van der Waals surface area contributed by atoms with Crippen LogP contribution in [0.15, 0.2) is 78.0 Å². The minimum Gasteiger partial charge on any atom is -0.481 e. The van der Waals surface area contributed by atoms with Crippen LogP contribution in [-0.2, 0) is 10.5 Å². The fourth-order valence-electron chi connectivity index (χ4n) is 2.47. The molecule has 0 radical (unpaired) electrons. The maximum absolute atomic E-state index is 12.3. The van der Waals surface area contributed by atoms with Crippen LogP contribution in [0.1, 0.15) is 18.1 Å². The monoisotopic (exact) mass is 378 g/mol. The first-order valence-corrected chi connectivity index (χ1v) is 9.75. The van der Waals surface area contributed by atoms with Gasteiger partial charge in [0.25, 0.3) is 5.91 Å². The number of rotatable bonds is 7. The average Bonchev–Trinajstić information content (AvgIpc) is 2.68. The molecule has 1 aromatic heterocycles. The molecule has 0 aliphatic rings. The predicted octanol–water partition coefficient (Wildman–Crippen LogP) is 5.09. The number of thioether (sulfide) groups is 1. The molecule has 1 unspecified atom stereocenters. The quantitative estimate of drug-likeness (QED) is 0.582. The van der Waals surface area contributed by atoms with Gasteiger partial charge in [-0.2, -0.15) is 0 Å². The highest BCUT2D eigenvalue weighted by atomic mass is 32.2. The van der Waals surface area contributed by atoms with Crippen molar-refractivity contribution in [1.82, 2.24) is 4.98 Å². The molecule has 1 N–H and O–H groups in total. The molecule has 1 heterocycles. The van der Waals surface area contributed by atoms with Crippen LogP contribution in [0.5, 0.6) is 5.75 Å². The summed E-state index contributed by atoms with van der Waals surface area (Å²) in [6, 6.07) is 19.5. The summed E-state index contributed by atoms with van der Waals surface area (Å²) in [5.74, 6) is 1.38. The summed E-state index contributed by atoms with van der Waals surface area (Å²) in [7, 11) is 0. The summed E-state index contributed by atoms with van der Waals surface area (Å²) in [5.41, 5.74) is 3.03. The van der Waals surface area contributed by atoms with E-state index in [0.717, 1.165) is 21.9 Å². The maximum atomic E-state index is 12.3. The van der Waals surface area contributed by atoms with Crippen LogP contribution in [0.25, 0.3) is 0 Å². The first-order chi connectivity index (χ1) is 13.1. The van der Waals surface area contributed by atoms with E-state index in [1.165, 1.54) is 5.56 Å².